The summed E-state index contributed by atoms with van der Waals surface area (Å²) in [7, 11) is 0. The van der Waals surface area contributed by atoms with Crippen LogP contribution in [0.4, 0.5) is 23.7 Å². The molecule has 0 saturated carbocycles. The number of nitrogens with zero attached hydrogens (tertiary/aromatic N) is 1. The molecule has 2 amide bonds. The number of halogens is 3. The number of amides is 2. The van der Waals surface area contributed by atoms with Gasteiger partial charge in [-0.15, -0.1) is 11.8 Å². The zero-order chi connectivity index (χ0) is 18.9. The Labute approximate surface area is 154 Å². The third-order valence-corrected chi connectivity index (χ3v) is 5.53. The topological polar surface area (TPSA) is 32.3 Å². The summed E-state index contributed by atoms with van der Waals surface area (Å²) in [6, 6.07) is 10.4. The first-order chi connectivity index (χ1) is 12.3. The summed E-state index contributed by atoms with van der Waals surface area (Å²) in [6.45, 7) is 4.56. The van der Waals surface area contributed by atoms with Crippen LogP contribution in [0.2, 0.25) is 0 Å². The number of thioether (sulfide) groups is 1. The molecule has 0 bridgehead atoms. The van der Waals surface area contributed by atoms with Crippen molar-refractivity contribution in [2.45, 2.75) is 25.4 Å². The minimum atomic E-state index is -4.44. The highest BCUT2D eigenvalue weighted by Crippen LogP contribution is 2.40. The number of nitrogens with one attached hydrogen (secondary N) is 1. The lowest BCUT2D eigenvalue weighted by Crippen LogP contribution is -2.34. The van der Waals surface area contributed by atoms with E-state index in [0.29, 0.717) is 6.54 Å². The minimum absolute atomic E-state index is 0.138. The molecule has 0 aromatic heterocycles. The molecule has 0 aliphatic carbocycles. The van der Waals surface area contributed by atoms with E-state index < -0.39 is 11.7 Å². The van der Waals surface area contributed by atoms with Crippen LogP contribution in [-0.4, -0.2) is 23.2 Å². The Hall–Kier alpha value is -2.15. The van der Waals surface area contributed by atoms with Crippen LogP contribution in [0.1, 0.15) is 27.6 Å². The van der Waals surface area contributed by atoms with Crippen molar-refractivity contribution >= 4 is 23.5 Å². The van der Waals surface area contributed by atoms with Crippen LogP contribution < -0.4 is 5.32 Å². The zero-order valence-electron chi connectivity index (χ0n) is 14.4. The van der Waals surface area contributed by atoms with E-state index in [0.717, 1.165) is 34.6 Å². The molecule has 26 heavy (non-hydrogen) atoms. The molecule has 0 unspecified atom stereocenters. The molecule has 0 spiro atoms. The molecule has 138 valence electrons. The molecule has 3 nitrogen and oxygen atoms in total. The number of alkyl halides is 3. The van der Waals surface area contributed by atoms with Gasteiger partial charge in [0.2, 0.25) is 0 Å². The van der Waals surface area contributed by atoms with Gasteiger partial charge in [0, 0.05) is 18.0 Å². The lowest BCUT2D eigenvalue weighted by molar-refractivity contribution is -0.137. The van der Waals surface area contributed by atoms with E-state index in [-0.39, 0.29) is 17.1 Å². The minimum Gasteiger partial charge on any atom is -0.308 e. The van der Waals surface area contributed by atoms with Crippen molar-refractivity contribution in [3.05, 3.63) is 64.7 Å². The summed E-state index contributed by atoms with van der Waals surface area (Å²) in [5, 5.41) is 2.46. The van der Waals surface area contributed by atoms with Gasteiger partial charge in [-0.3, -0.25) is 0 Å². The fraction of sp³-hybridized carbons (Fsp3) is 0.316. The first-order valence-electron chi connectivity index (χ1n) is 8.19. The smallest absolute Gasteiger partial charge is 0.308 e. The molecule has 2 aromatic carbocycles. The molecule has 7 heteroatoms. The first kappa shape index (κ1) is 18.6. The lowest BCUT2D eigenvalue weighted by Gasteiger charge is -2.26. The summed E-state index contributed by atoms with van der Waals surface area (Å²) in [6.07, 6.45) is -4.44. The van der Waals surface area contributed by atoms with Gasteiger partial charge in [-0.1, -0.05) is 29.8 Å². The summed E-state index contributed by atoms with van der Waals surface area (Å²) >= 11 is 1.65. The zero-order valence-corrected chi connectivity index (χ0v) is 15.2. The van der Waals surface area contributed by atoms with Crippen LogP contribution >= 0.6 is 11.8 Å². The van der Waals surface area contributed by atoms with Crippen molar-refractivity contribution in [3.8, 4) is 0 Å². The number of hydrogen-bond donors (Lipinski definition) is 1. The molecule has 0 radical (unpaired) electrons. The highest BCUT2D eigenvalue weighted by Gasteiger charge is 2.33. The molecule has 3 rings (SSSR count). The van der Waals surface area contributed by atoms with Gasteiger partial charge in [0.05, 0.1) is 5.56 Å². The van der Waals surface area contributed by atoms with Crippen molar-refractivity contribution in [2.75, 3.05) is 17.6 Å². The van der Waals surface area contributed by atoms with Gasteiger partial charge in [-0.2, -0.15) is 13.2 Å². The third kappa shape index (κ3) is 3.98. The van der Waals surface area contributed by atoms with Crippen LogP contribution in [0.25, 0.3) is 0 Å². The van der Waals surface area contributed by atoms with Gasteiger partial charge in [0.25, 0.3) is 0 Å². The van der Waals surface area contributed by atoms with Gasteiger partial charge in [0.1, 0.15) is 5.37 Å². The van der Waals surface area contributed by atoms with Gasteiger partial charge in [-0.25, -0.2) is 4.79 Å². The van der Waals surface area contributed by atoms with Crippen LogP contribution in [0.5, 0.6) is 0 Å². The van der Waals surface area contributed by atoms with Crippen molar-refractivity contribution in [3.63, 3.8) is 0 Å². The molecule has 1 aliphatic heterocycles. The maximum atomic E-state index is 12.8. The molecule has 2 aromatic rings. The summed E-state index contributed by atoms with van der Waals surface area (Å²) in [5.74, 6) is 0.786. The maximum Gasteiger partial charge on any atom is 0.416 e. The summed E-state index contributed by atoms with van der Waals surface area (Å²) in [5.41, 5.74) is 2.66. The number of aryl methyl sites for hydroxylation is 2. The average molecular weight is 380 g/mol. The second-order valence-electron chi connectivity index (χ2n) is 6.29. The predicted molar refractivity (Wildman–Crippen MR) is 98.3 cm³/mol. The van der Waals surface area contributed by atoms with Gasteiger partial charge in [-0.05, 0) is 43.2 Å². The van der Waals surface area contributed by atoms with Crippen LogP contribution in [0.3, 0.4) is 0 Å². The maximum absolute atomic E-state index is 12.8. The SMILES string of the molecule is Cc1ccc([C@@H]2SCCN2C(=O)Nc2cccc(C(F)(F)F)c2)c(C)c1. The first-order valence-corrected chi connectivity index (χ1v) is 9.24. The molecule has 1 fully saturated rings. The number of carbonyl (C=O) groups is 1. The van der Waals surface area contributed by atoms with Crippen LogP contribution in [-0.2, 0) is 6.18 Å². The van der Waals surface area contributed by atoms with Gasteiger partial charge in [0.15, 0.2) is 0 Å². The molecule has 1 heterocycles. The van der Waals surface area contributed by atoms with Gasteiger partial charge < -0.3 is 10.2 Å². The fourth-order valence-electron chi connectivity index (χ4n) is 3.01. The number of urea groups is 1. The number of benzene rings is 2. The summed E-state index contributed by atoms with van der Waals surface area (Å²) < 4.78 is 38.5. The standard InChI is InChI=1S/C19H19F3N2OS/c1-12-6-7-16(13(2)10-12)17-24(8-9-26-17)18(25)23-15-5-3-4-14(11-15)19(20,21)22/h3-7,10-11,17H,8-9H2,1-2H3,(H,23,25)/t17-/m0/s1. The van der Waals surface area contributed by atoms with E-state index in [9.17, 15) is 18.0 Å². The second-order valence-corrected chi connectivity index (χ2v) is 7.47. The monoisotopic (exact) mass is 380 g/mol. The van der Waals surface area contributed by atoms with Crippen LogP contribution in [0, 0.1) is 13.8 Å². The van der Waals surface area contributed by atoms with Crippen molar-refractivity contribution in [2.24, 2.45) is 0 Å². The van der Waals surface area contributed by atoms with Crippen LogP contribution in [0.15, 0.2) is 42.5 Å². The van der Waals surface area contributed by atoms with E-state index in [2.05, 4.69) is 11.4 Å². The largest absolute Gasteiger partial charge is 0.416 e. The van der Waals surface area contributed by atoms with E-state index >= 15 is 0 Å². The Bertz CT molecular complexity index is 823. The lowest BCUT2D eigenvalue weighted by atomic mass is 10.1. The van der Waals surface area contributed by atoms with E-state index in [1.54, 1.807) is 16.7 Å². The van der Waals surface area contributed by atoms with Crippen molar-refractivity contribution in [1.29, 1.82) is 0 Å². The second kappa shape index (κ2) is 7.23. The molecule has 1 N–H and O–H groups in total. The fourth-order valence-corrected chi connectivity index (χ4v) is 4.36. The molecule has 1 saturated heterocycles. The van der Waals surface area contributed by atoms with Crippen molar-refractivity contribution in [1.82, 2.24) is 4.90 Å². The molecular formula is C19H19F3N2OS. The van der Waals surface area contributed by atoms with E-state index in [4.69, 9.17) is 0 Å². The van der Waals surface area contributed by atoms with Gasteiger partial charge >= 0.3 is 12.2 Å². The predicted octanol–water partition coefficient (Wildman–Crippen LogP) is 5.60. The Morgan fingerprint density at radius 2 is 1.96 bits per heavy atom. The highest BCUT2D eigenvalue weighted by atomic mass is 32.2. The Balaban J connectivity index is 1.79. The number of carbonyl (C=O) groups excluding carboxylic acids is 1. The normalized spacial score (nSPS) is 17.4. The average Bonchev–Trinajstić information content (AvgIpc) is 3.04. The Kier molecular flexibility index (Phi) is 5.18. The van der Waals surface area contributed by atoms with E-state index in [1.807, 2.05) is 26.0 Å². The number of anilines is 1. The number of rotatable bonds is 2. The Morgan fingerprint density at radius 1 is 1.19 bits per heavy atom. The highest BCUT2D eigenvalue weighted by molar-refractivity contribution is 7.99. The quantitative estimate of drug-likeness (QED) is 0.735. The molecule has 1 atom stereocenters. The molecular weight excluding hydrogens is 361 g/mol. The third-order valence-electron chi connectivity index (χ3n) is 4.28. The summed E-state index contributed by atoms with van der Waals surface area (Å²) in [4.78, 5) is 14.3. The van der Waals surface area contributed by atoms with E-state index in [1.165, 1.54) is 12.1 Å². The number of hydrogen-bond acceptors (Lipinski definition) is 2. The Morgan fingerprint density at radius 3 is 2.65 bits per heavy atom. The van der Waals surface area contributed by atoms with Crippen molar-refractivity contribution < 1.29 is 18.0 Å². The molecule has 1 aliphatic rings.